The molecule has 0 radical (unpaired) electrons. The number of para-hydroxylation sites is 1. The Morgan fingerprint density at radius 3 is 2.44 bits per heavy atom. The number of likely N-dealkylation sites (N-methyl/N-ethyl adjacent to an activating group) is 1. The van der Waals surface area contributed by atoms with Crippen molar-refractivity contribution in [2.45, 2.75) is 25.3 Å². The van der Waals surface area contributed by atoms with E-state index in [1.54, 1.807) is 18.2 Å². The summed E-state index contributed by atoms with van der Waals surface area (Å²) in [5.74, 6) is -0.210. The molecule has 0 aromatic heterocycles. The summed E-state index contributed by atoms with van der Waals surface area (Å²) < 4.78 is 23.6. The SMILES string of the molecule is Cc1ccc(C[NH+](C)CC(=O)Nc2ccccc2S(C)(=O)=O)c(C)c1. The molecule has 0 saturated carbocycles. The van der Waals surface area contributed by atoms with Crippen molar-refractivity contribution in [1.29, 1.82) is 0 Å². The topological polar surface area (TPSA) is 67.7 Å². The molecule has 2 rings (SSSR count). The van der Waals surface area contributed by atoms with Gasteiger partial charge in [-0.1, -0.05) is 35.9 Å². The van der Waals surface area contributed by atoms with Gasteiger partial charge in [-0.15, -0.1) is 0 Å². The van der Waals surface area contributed by atoms with Crippen molar-refractivity contribution in [2.75, 3.05) is 25.2 Å². The maximum atomic E-state index is 12.3. The number of carbonyl (C=O) groups excluding carboxylic acids is 1. The third-order valence-electron chi connectivity index (χ3n) is 4.01. The molecule has 1 atom stereocenters. The number of hydrogen-bond donors (Lipinski definition) is 2. The number of sulfone groups is 1. The molecule has 5 nitrogen and oxygen atoms in total. The van der Waals surface area contributed by atoms with Crippen LogP contribution < -0.4 is 10.2 Å². The molecule has 6 heteroatoms. The average Bonchev–Trinajstić information content (AvgIpc) is 2.49. The van der Waals surface area contributed by atoms with E-state index in [-0.39, 0.29) is 17.3 Å². The van der Waals surface area contributed by atoms with Gasteiger partial charge < -0.3 is 10.2 Å². The first-order valence-corrected chi connectivity index (χ1v) is 10.0. The molecule has 0 fully saturated rings. The van der Waals surface area contributed by atoms with Gasteiger partial charge >= 0.3 is 0 Å². The first-order valence-electron chi connectivity index (χ1n) is 8.13. The molecular weight excluding hydrogens is 336 g/mol. The summed E-state index contributed by atoms with van der Waals surface area (Å²) in [6.07, 6.45) is 1.13. The van der Waals surface area contributed by atoms with E-state index >= 15 is 0 Å². The fourth-order valence-corrected chi connectivity index (χ4v) is 3.64. The highest BCUT2D eigenvalue weighted by Crippen LogP contribution is 2.20. The third kappa shape index (κ3) is 5.41. The molecule has 25 heavy (non-hydrogen) atoms. The largest absolute Gasteiger partial charge is 0.326 e. The second-order valence-electron chi connectivity index (χ2n) is 6.56. The van der Waals surface area contributed by atoms with E-state index in [0.717, 1.165) is 17.7 Å². The lowest BCUT2D eigenvalue weighted by molar-refractivity contribution is -0.885. The molecule has 0 aliphatic carbocycles. The zero-order valence-electron chi connectivity index (χ0n) is 15.1. The van der Waals surface area contributed by atoms with E-state index < -0.39 is 9.84 Å². The van der Waals surface area contributed by atoms with Gasteiger partial charge in [0.25, 0.3) is 5.91 Å². The lowest BCUT2D eigenvalue weighted by Gasteiger charge is -2.16. The Labute approximate surface area is 149 Å². The summed E-state index contributed by atoms with van der Waals surface area (Å²) in [7, 11) is -1.44. The average molecular weight is 361 g/mol. The Hall–Kier alpha value is -2.18. The quantitative estimate of drug-likeness (QED) is 0.816. The van der Waals surface area contributed by atoms with E-state index in [2.05, 4.69) is 37.4 Å². The first kappa shape index (κ1) is 19.1. The molecule has 0 saturated heterocycles. The number of quaternary nitrogens is 1. The minimum Gasteiger partial charge on any atom is -0.326 e. The van der Waals surface area contributed by atoms with Crippen LogP contribution in [0.1, 0.15) is 16.7 Å². The zero-order chi connectivity index (χ0) is 18.6. The van der Waals surface area contributed by atoms with Gasteiger partial charge in [0.2, 0.25) is 0 Å². The number of nitrogens with one attached hydrogen (secondary N) is 2. The number of benzene rings is 2. The summed E-state index contributed by atoms with van der Waals surface area (Å²) >= 11 is 0. The summed E-state index contributed by atoms with van der Waals surface area (Å²) in [6.45, 7) is 5.11. The molecule has 2 N–H and O–H groups in total. The van der Waals surface area contributed by atoms with Crippen molar-refractivity contribution in [3.8, 4) is 0 Å². The molecule has 1 amide bonds. The van der Waals surface area contributed by atoms with Crippen LogP contribution in [0.5, 0.6) is 0 Å². The van der Waals surface area contributed by atoms with Crippen LogP contribution in [-0.2, 0) is 21.2 Å². The van der Waals surface area contributed by atoms with Gasteiger partial charge in [0.05, 0.1) is 17.6 Å². The van der Waals surface area contributed by atoms with Crippen molar-refractivity contribution in [2.24, 2.45) is 0 Å². The van der Waals surface area contributed by atoms with Crippen molar-refractivity contribution >= 4 is 21.4 Å². The van der Waals surface area contributed by atoms with Crippen molar-refractivity contribution in [3.05, 3.63) is 59.2 Å². The van der Waals surface area contributed by atoms with Crippen LogP contribution in [0.25, 0.3) is 0 Å². The highest BCUT2D eigenvalue weighted by Gasteiger charge is 2.17. The third-order valence-corrected chi connectivity index (χ3v) is 5.17. The predicted molar refractivity (Wildman–Crippen MR) is 99.6 cm³/mol. The van der Waals surface area contributed by atoms with Gasteiger partial charge in [-0.3, -0.25) is 4.79 Å². The Bertz CT molecular complexity index is 876. The number of amides is 1. The summed E-state index contributed by atoms with van der Waals surface area (Å²) in [5, 5.41) is 2.72. The Kier molecular flexibility index (Phi) is 5.98. The van der Waals surface area contributed by atoms with Crippen LogP contribution in [-0.4, -0.2) is 34.2 Å². The van der Waals surface area contributed by atoms with E-state index in [9.17, 15) is 13.2 Å². The van der Waals surface area contributed by atoms with E-state index in [1.807, 2.05) is 7.05 Å². The van der Waals surface area contributed by atoms with Crippen LogP contribution >= 0.6 is 0 Å². The number of carbonyl (C=O) groups is 1. The second kappa shape index (κ2) is 7.80. The summed E-state index contributed by atoms with van der Waals surface area (Å²) in [6, 6.07) is 12.7. The normalized spacial score (nSPS) is 12.6. The Morgan fingerprint density at radius 2 is 1.80 bits per heavy atom. The minimum absolute atomic E-state index is 0.135. The van der Waals surface area contributed by atoms with Gasteiger partial charge in [-0.2, -0.15) is 0 Å². The highest BCUT2D eigenvalue weighted by atomic mass is 32.2. The van der Waals surface area contributed by atoms with E-state index in [1.165, 1.54) is 22.8 Å². The smallest absolute Gasteiger partial charge is 0.279 e. The maximum absolute atomic E-state index is 12.3. The number of anilines is 1. The molecule has 0 heterocycles. The van der Waals surface area contributed by atoms with Crippen LogP contribution in [0.3, 0.4) is 0 Å². The van der Waals surface area contributed by atoms with Crippen LogP contribution in [0, 0.1) is 13.8 Å². The Balaban J connectivity index is 2.03. The standard InChI is InChI=1S/C19H24N2O3S/c1-14-9-10-16(15(2)11-14)12-21(3)13-19(22)20-17-7-5-6-8-18(17)25(4,23)24/h5-11H,12-13H2,1-4H3,(H,20,22)/p+1. The molecule has 0 bridgehead atoms. The van der Waals surface area contributed by atoms with Gasteiger partial charge in [0.15, 0.2) is 16.4 Å². The first-order chi connectivity index (χ1) is 11.7. The van der Waals surface area contributed by atoms with Crippen LogP contribution in [0.2, 0.25) is 0 Å². The molecule has 134 valence electrons. The second-order valence-corrected chi connectivity index (χ2v) is 8.54. The highest BCUT2D eigenvalue weighted by molar-refractivity contribution is 7.90. The molecule has 1 unspecified atom stereocenters. The van der Waals surface area contributed by atoms with Gasteiger partial charge in [-0.05, 0) is 31.5 Å². The number of hydrogen-bond acceptors (Lipinski definition) is 3. The molecule has 0 aliphatic heterocycles. The maximum Gasteiger partial charge on any atom is 0.279 e. The van der Waals surface area contributed by atoms with Crippen LogP contribution in [0.4, 0.5) is 5.69 Å². The predicted octanol–water partition coefficient (Wildman–Crippen LogP) is 1.36. The minimum atomic E-state index is -3.39. The summed E-state index contributed by atoms with van der Waals surface area (Å²) in [4.78, 5) is 13.5. The molecular formula is C19H25N2O3S+. The zero-order valence-corrected chi connectivity index (χ0v) is 15.9. The van der Waals surface area contributed by atoms with Crippen molar-refractivity contribution < 1.29 is 18.1 Å². The van der Waals surface area contributed by atoms with E-state index in [0.29, 0.717) is 5.69 Å². The van der Waals surface area contributed by atoms with Gasteiger partial charge in [0.1, 0.15) is 6.54 Å². The van der Waals surface area contributed by atoms with Crippen molar-refractivity contribution in [1.82, 2.24) is 0 Å². The Morgan fingerprint density at radius 1 is 1.12 bits per heavy atom. The molecule has 2 aromatic carbocycles. The summed E-state index contributed by atoms with van der Waals surface area (Å²) in [5.41, 5.74) is 3.96. The van der Waals surface area contributed by atoms with E-state index in [4.69, 9.17) is 0 Å². The molecule has 2 aromatic rings. The van der Waals surface area contributed by atoms with Gasteiger partial charge in [0, 0.05) is 11.8 Å². The molecule has 0 spiro atoms. The number of rotatable bonds is 6. The van der Waals surface area contributed by atoms with Crippen molar-refractivity contribution in [3.63, 3.8) is 0 Å². The lowest BCUT2D eigenvalue weighted by atomic mass is 10.1. The molecule has 0 aliphatic rings. The fourth-order valence-electron chi connectivity index (χ4n) is 2.79. The van der Waals surface area contributed by atoms with Crippen LogP contribution in [0.15, 0.2) is 47.4 Å². The van der Waals surface area contributed by atoms with Gasteiger partial charge in [-0.25, -0.2) is 8.42 Å². The fraction of sp³-hybridized carbons (Fsp3) is 0.316. The lowest BCUT2D eigenvalue weighted by Crippen LogP contribution is -3.08. The monoisotopic (exact) mass is 361 g/mol. The number of aryl methyl sites for hydroxylation is 2.